The first-order valence-corrected chi connectivity index (χ1v) is 14.1. The van der Waals surface area contributed by atoms with E-state index in [9.17, 15) is 9.59 Å². The summed E-state index contributed by atoms with van der Waals surface area (Å²) < 4.78 is 3.44. The largest absolute Gasteiger partial charge is 0.323 e. The van der Waals surface area contributed by atoms with Crippen molar-refractivity contribution in [2.24, 2.45) is 11.5 Å². The first-order valence-electron chi connectivity index (χ1n) is 14.1. The predicted molar refractivity (Wildman–Crippen MR) is 174 cm³/mol. The van der Waals surface area contributed by atoms with Crippen molar-refractivity contribution in [3.05, 3.63) is 152 Å². The molecule has 2 atom stereocenters. The van der Waals surface area contributed by atoms with Crippen molar-refractivity contribution in [3.63, 3.8) is 0 Å². The van der Waals surface area contributed by atoms with Gasteiger partial charge in [0, 0.05) is 34.8 Å². The molecule has 0 bridgehead atoms. The summed E-state index contributed by atoms with van der Waals surface area (Å²) in [4.78, 5) is 26.0. The molecule has 6 heteroatoms. The molecule has 0 radical (unpaired) electrons. The minimum Gasteiger partial charge on any atom is -0.323 e. The fourth-order valence-electron chi connectivity index (χ4n) is 5.47. The summed E-state index contributed by atoms with van der Waals surface area (Å²) in [6, 6.07) is 34.7. The zero-order chi connectivity index (χ0) is 30.0. The Bertz CT molecular complexity index is 1840. The van der Waals surface area contributed by atoms with E-state index >= 15 is 0 Å². The van der Waals surface area contributed by atoms with Crippen molar-refractivity contribution < 1.29 is 0 Å². The fourth-order valence-corrected chi connectivity index (χ4v) is 5.47. The van der Waals surface area contributed by atoms with Gasteiger partial charge in [0.25, 0.3) is 11.1 Å². The Morgan fingerprint density at radius 3 is 1.21 bits per heavy atom. The summed E-state index contributed by atoms with van der Waals surface area (Å²) in [5, 5.41) is 3.40. The molecular weight excluding hydrogens is 520 g/mol. The summed E-state index contributed by atoms with van der Waals surface area (Å²) >= 11 is 0. The van der Waals surface area contributed by atoms with Crippen LogP contribution in [-0.4, -0.2) is 9.13 Å². The topological polar surface area (TPSA) is 96.0 Å². The molecule has 2 heterocycles. The highest BCUT2D eigenvalue weighted by Crippen LogP contribution is 2.23. The van der Waals surface area contributed by atoms with E-state index in [1.54, 1.807) is 9.13 Å². The molecule has 0 spiro atoms. The maximum atomic E-state index is 13.0. The molecule has 0 unspecified atom stereocenters. The van der Waals surface area contributed by atoms with E-state index in [4.69, 9.17) is 11.5 Å². The molecule has 42 heavy (non-hydrogen) atoms. The van der Waals surface area contributed by atoms with Crippen molar-refractivity contribution in [1.29, 1.82) is 0 Å². The lowest BCUT2D eigenvalue weighted by atomic mass is 10.0. The van der Waals surface area contributed by atoms with Crippen LogP contribution < -0.4 is 22.6 Å². The van der Waals surface area contributed by atoms with Crippen LogP contribution in [0.2, 0.25) is 0 Å². The number of rotatable bonds is 4. The average Bonchev–Trinajstić information content (AvgIpc) is 2.98. The summed E-state index contributed by atoms with van der Waals surface area (Å²) in [7, 11) is 0. The van der Waals surface area contributed by atoms with Gasteiger partial charge in [0.15, 0.2) is 0 Å². The third kappa shape index (κ3) is 5.42. The van der Waals surface area contributed by atoms with E-state index in [1.165, 1.54) is 0 Å². The van der Waals surface area contributed by atoms with Crippen LogP contribution in [0.4, 0.5) is 0 Å². The molecule has 4 aromatic carbocycles. The van der Waals surface area contributed by atoms with Gasteiger partial charge in [-0.15, -0.1) is 0 Å². The number of benzene rings is 4. The van der Waals surface area contributed by atoms with Gasteiger partial charge in [-0.05, 0) is 86.0 Å². The van der Waals surface area contributed by atoms with Crippen molar-refractivity contribution >= 4 is 21.5 Å². The van der Waals surface area contributed by atoms with Crippen LogP contribution >= 0.6 is 0 Å². The van der Waals surface area contributed by atoms with Gasteiger partial charge in [-0.1, -0.05) is 72.8 Å². The Balaban J connectivity index is 0.000000168. The molecule has 0 aliphatic rings. The smallest absolute Gasteiger partial charge is 0.263 e. The molecule has 0 amide bonds. The Hall–Kier alpha value is -4.78. The number of aryl methyl sites for hydroxylation is 2. The SMILES string of the molecule is Cc1cccc2cc([C@H](C)N)n(-c3ccccc3)c(=O)c12.Cc1cccc2cc([C@H](C)N)n(-c3ccccc3)c(=O)c12. The number of pyridine rings is 2. The van der Waals surface area contributed by atoms with Gasteiger partial charge in [0.2, 0.25) is 0 Å². The number of para-hydroxylation sites is 2. The summed E-state index contributed by atoms with van der Waals surface area (Å²) in [6.45, 7) is 7.72. The van der Waals surface area contributed by atoms with E-state index in [2.05, 4.69) is 0 Å². The number of hydrogen-bond acceptors (Lipinski definition) is 4. The Kier molecular flexibility index (Phi) is 8.20. The fraction of sp³-hybridized carbons (Fsp3) is 0.167. The molecule has 6 aromatic rings. The molecule has 6 rings (SSSR count). The van der Waals surface area contributed by atoms with Crippen LogP contribution in [0, 0.1) is 13.8 Å². The predicted octanol–water partition coefficient (Wildman–Crippen LogP) is 6.64. The van der Waals surface area contributed by atoms with Crippen LogP contribution in [0.3, 0.4) is 0 Å². The molecule has 212 valence electrons. The minimum absolute atomic E-state index is 0.0101. The second-order valence-corrected chi connectivity index (χ2v) is 10.7. The van der Waals surface area contributed by atoms with Gasteiger partial charge in [-0.25, -0.2) is 0 Å². The highest BCUT2D eigenvalue weighted by molar-refractivity contribution is 5.86. The van der Waals surface area contributed by atoms with Crippen LogP contribution in [0.5, 0.6) is 0 Å². The number of fused-ring (bicyclic) bond motifs is 2. The summed E-state index contributed by atoms with van der Waals surface area (Å²) in [5.41, 5.74) is 17.5. The second kappa shape index (κ2) is 12.0. The van der Waals surface area contributed by atoms with Crippen LogP contribution in [0.15, 0.2) is 119 Å². The van der Waals surface area contributed by atoms with Gasteiger partial charge in [0.1, 0.15) is 0 Å². The Labute approximate surface area is 245 Å². The monoisotopic (exact) mass is 556 g/mol. The highest BCUT2D eigenvalue weighted by atomic mass is 16.1. The normalized spacial score (nSPS) is 12.5. The number of nitrogens with two attached hydrogens (primary N) is 2. The molecule has 0 fully saturated rings. The van der Waals surface area contributed by atoms with Gasteiger partial charge >= 0.3 is 0 Å². The third-order valence-corrected chi connectivity index (χ3v) is 7.53. The summed E-state index contributed by atoms with van der Waals surface area (Å²) in [6.07, 6.45) is 0. The van der Waals surface area contributed by atoms with Crippen LogP contribution in [0.1, 0.15) is 48.4 Å². The molecule has 0 saturated heterocycles. The van der Waals surface area contributed by atoms with E-state index in [0.29, 0.717) is 0 Å². The molecule has 2 aromatic heterocycles. The van der Waals surface area contributed by atoms with Crippen molar-refractivity contribution in [1.82, 2.24) is 9.13 Å². The maximum absolute atomic E-state index is 13.0. The molecular formula is C36H36N4O2. The van der Waals surface area contributed by atoms with Gasteiger partial charge in [0.05, 0.1) is 10.8 Å². The van der Waals surface area contributed by atoms with Gasteiger partial charge in [-0.2, -0.15) is 0 Å². The van der Waals surface area contributed by atoms with Crippen LogP contribution in [0.25, 0.3) is 32.9 Å². The quantitative estimate of drug-likeness (QED) is 0.254. The molecule has 6 nitrogen and oxygen atoms in total. The van der Waals surface area contributed by atoms with Gasteiger partial charge in [-0.3, -0.25) is 18.7 Å². The first-order chi connectivity index (χ1) is 20.2. The minimum atomic E-state index is -0.220. The first kappa shape index (κ1) is 28.7. The average molecular weight is 557 g/mol. The van der Waals surface area contributed by atoms with Crippen molar-refractivity contribution in [2.75, 3.05) is 0 Å². The van der Waals surface area contributed by atoms with E-state index in [-0.39, 0.29) is 23.2 Å². The lowest BCUT2D eigenvalue weighted by molar-refractivity contribution is 0.734. The Morgan fingerprint density at radius 2 is 0.881 bits per heavy atom. The molecule has 0 aliphatic carbocycles. The second-order valence-electron chi connectivity index (χ2n) is 10.7. The van der Waals surface area contributed by atoms with Crippen molar-refractivity contribution in [3.8, 4) is 11.4 Å². The standard InChI is InChI=1S/2C18H18N2O/c2*1-12-7-6-8-14-11-16(13(2)19)20(18(21)17(12)14)15-9-4-3-5-10-15/h2*3-11,13H,19H2,1-2H3/t2*13-/m00/s1. The van der Waals surface area contributed by atoms with E-state index < -0.39 is 0 Å². The number of aromatic nitrogens is 2. The van der Waals surface area contributed by atoms with E-state index in [0.717, 1.165) is 55.4 Å². The molecule has 0 aliphatic heterocycles. The lowest BCUT2D eigenvalue weighted by Gasteiger charge is -2.17. The maximum Gasteiger partial charge on any atom is 0.263 e. The zero-order valence-electron chi connectivity index (χ0n) is 24.4. The molecule has 0 saturated carbocycles. The highest BCUT2D eigenvalue weighted by Gasteiger charge is 2.16. The summed E-state index contributed by atoms with van der Waals surface area (Å²) in [5.74, 6) is 0. The molecule has 4 N–H and O–H groups in total. The van der Waals surface area contributed by atoms with E-state index in [1.807, 2.05) is 137 Å². The Morgan fingerprint density at radius 1 is 0.524 bits per heavy atom. The van der Waals surface area contributed by atoms with Crippen molar-refractivity contribution in [2.45, 2.75) is 39.8 Å². The van der Waals surface area contributed by atoms with Crippen LogP contribution in [-0.2, 0) is 0 Å². The lowest BCUT2D eigenvalue weighted by Crippen LogP contribution is -2.26. The zero-order valence-corrected chi connectivity index (χ0v) is 24.4. The number of hydrogen-bond donors (Lipinski definition) is 2. The van der Waals surface area contributed by atoms with Gasteiger partial charge < -0.3 is 11.5 Å². The third-order valence-electron chi connectivity index (χ3n) is 7.53. The number of nitrogens with zero attached hydrogens (tertiary/aromatic N) is 2.